The molecular formula is C17H19N3O2S3. The highest BCUT2D eigenvalue weighted by Gasteiger charge is 2.48. The predicted molar refractivity (Wildman–Crippen MR) is 106 cm³/mol. The lowest BCUT2D eigenvalue weighted by atomic mass is 10.0. The van der Waals surface area contributed by atoms with Crippen LogP contribution >= 0.6 is 23.6 Å². The summed E-state index contributed by atoms with van der Waals surface area (Å²) in [4.78, 5) is 6.59. The molecule has 2 saturated heterocycles. The van der Waals surface area contributed by atoms with E-state index in [9.17, 15) is 8.42 Å². The Morgan fingerprint density at radius 1 is 1.28 bits per heavy atom. The number of nitrogens with one attached hydrogen (secondary N) is 1. The second-order valence-electron chi connectivity index (χ2n) is 6.86. The van der Waals surface area contributed by atoms with Gasteiger partial charge >= 0.3 is 0 Å². The molecule has 2 atom stereocenters. The van der Waals surface area contributed by atoms with Gasteiger partial charge in [0.05, 0.1) is 29.3 Å². The van der Waals surface area contributed by atoms with E-state index in [1.807, 2.05) is 10.3 Å². The smallest absolute Gasteiger partial charge is 0.192 e. The van der Waals surface area contributed by atoms with Gasteiger partial charge in [-0.25, -0.2) is 13.4 Å². The maximum Gasteiger partial charge on any atom is 0.192 e. The van der Waals surface area contributed by atoms with Crippen LogP contribution in [0.25, 0.3) is 11.3 Å². The van der Waals surface area contributed by atoms with Crippen LogP contribution in [0.3, 0.4) is 0 Å². The van der Waals surface area contributed by atoms with Gasteiger partial charge in [-0.2, -0.15) is 0 Å². The molecule has 3 heterocycles. The van der Waals surface area contributed by atoms with Crippen molar-refractivity contribution in [3.05, 3.63) is 35.2 Å². The highest BCUT2D eigenvalue weighted by molar-refractivity contribution is 7.91. The zero-order valence-corrected chi connectivity index (χ0v) is 16.4. The van der Waals surface area contributed by atoms with E-state index in [2.05, 4.69) is 43.4 Å². The number of sulfone groups is 1. The van der Waals surface area contributed by atoms with Crippen LogP contribution in [-0.2, 0) is 9.84 Å². The molecule has 1 aromatic heterocycles. The van der Waals surface area contributed by atoms with E-state index in [0.29, 0.717) is 11.0 Å². The molecule has 0 saturated carbocycles. The number of thiocarbonyl (C=S) groups is 1. The third-order valence-electron chi connectivity index (χ3n) is 4.75. The summed E-state index contributed by atoms with van der Waals surface area (Å²) >= 11 is 6.91. The molecule has 4 rings (SSSR count). The van der Waals surface area contributed by atoms with Crippen molar-refractivity contribution >= 4 is 43.6 Å². The molecule has 0 spiro atoms. The van der Waals surface area contributed by atoms with Crippen molar-refractivity contribution in [2.45, 2.75) is 31.8 Å². The summed E-state index contributed by atoms with van der Waals surface area (Å²) in [5.41, 5.74) is 3.24. The number of thiazole rings is 1. The van der Waals surface area contributed by atoms with Gasteiger partial charge in [0.2, 0.25) is 0 Å². The Bertz CT molecular complexity index is 919. The van der Waals surface area contributed by atoms with Gasteiger partial charge in [0, 0.05) is 10.9 Å². The highest BCUT2D eigenvalue weighted by Crippen LogP contribution is 2.34. The first-order valence-corrected chi connectivity index (χ1v) is 11.3. The Hall–Kier alpha value is -1.51. The lowest BCUT2D eigenvalue weighted by Crippen LogP contribution is -2.36. The molecule has 132 valence electrons. The fourth-order valence-electron chi connectivity index (χ4n) is 3.38. The molecule has 5 nitrogen and oxygen atoms in total. The summed E-state index contributed by atoms with van der Waals surface area (Å²) in [6, 6.07) is 8.13. The van der Waals surface area contributed by atoms with Gasteiger partial charge in [-0.15, -0.1) is 11.3 Å². The van der Waals surface area contributed by atoms with Crippen molar-refractivity contribution in [1.29, 1.82) is 0 Å². The standard InChI is InChI=1S/C17H19N3O2S3/c1-10(2)11-3-5-12(6-4-11)13-7-24-17(19-13)20-15-9-25(21,22)8-14(15)18-16(20)23/h3-7,10,14-15H,8-9H2,1-2H3,(H,18,23)/t14-,15-/m0/s1. The van der Waals surface area contributed by atoms with Crippen molar-refractivity contribution in [3.8, 4) is 11.3 Å². The van der Waals surface area contributed by atoms with Gasteiger partial charge in [-0.05, 0) is 23.7 Å². The summed E-state index contributed by atoms with van der Waals surface area (Å²) in [6.07, 6.45) is 0. The first-order chi connectivity index (χ1) is 11.8. The Labute approximate surface area is 157 Å². The molecule has 2 aliphatic rings. The van der Waals surface area contributed by atoms with E-state index >= 15 is 0 Å². The topological polar surface area (TPSA) is 62.3 Å². The zero-order valence-electron chi connectivity index (χ0n) is 14.0. The maximum atomic E-state index is 11.9. The number of rotatable bonds is 3. The second-order valence-corrected chi connectivity index (χ2v) is 10.2. The van der Waals surface area contributed by atoms with Crippen molar-refractivity contribution in [2.75, 3.05) is 16.4 Å². The second kappa shape index (κ2) is 6.03. The van der Waals surface area contributed by atoms with Crippen molar-refractivity contribution < 1.29 is 8.42 Å². The molecule has 0 bridgehead atoms. The Morgan fingerprint density at radius 2 is 2.00 bits per heavy atom. The number of fused-ring (bicyclic) bond motifs is 1. The van der Waals surface area contributed by atoms with Crippen molar-refractivity contribution in [1.82, 2.24) is 10.3 Å². The Balaban J connectivity index is 1.62. The number of benzene rings is 1. The quantitative estimate of drug-likeness (QED) is 0.809. The largest absolute Gasteiger partial charge is 0.356 e. The van der Waals surface area contributed by atoms with Crippen LogP contribution in [0.5, 0.6) is 0 Å². The van der Waals surface area contributed by atoms with Crippen LogP contribution in [-0.4, -0.2) is 42.1 Å². The number of anilines is 1. The fraction of sp³-hybridized carbons (Fsp3) is 0.412. The van der Waals surface area contributed by atoms with Gasteiger partial charge < -0.3 is 5.32 Å². The molecular weight excluding hydrogens is 374 g/mol. The number of hydrogen-bond donors (Lipinski definition) is 1. The molecule has 2 fully saturated rings. The van der Waals surface area contributed by atoms with E-state index in [-0.39, 0.29) is 23.6 Å². The van der Waals surface area contributed by atoms with Gasteiger partial charge in [0.15, 0.2) is 20.1 Å². The van der Waals surface area contributed by atoms with E-state index in [0.717, 1.165) is 16.4 Å². The third-order valence-corrected chi connectivity index (χ3v) is 7.62. The first-order valence-electron chi connectivity index (χ1n) is 8.20. The van der Waals surface area contributed by atoms with E-state index in [1.165, 1.54) is 16.9 Å². The molecule has 2 aliphatic heterocycles. The SMILES string of the molecule is CC(C)c1ccc(-c2csc(N3C(=S)N[C@H]4CS(=O)(=O)C[C@@H]43)n2)cc1. The average Bonchev–Trinajstić information content (AvgIpc) is 3.19. The van der Waals surface area contributed by atoms with E-state index in [1.54, 1.807) is 0 Å². The van der Waals surface area contributed by atoms with E-state index < -0.39 is 9.84 Å². The number of aromatic nitrogens is 1. The van der Waals surface area contributed by atoms with Gasteiger partial charge in [-0.1, -0.05) is 38.1 Å². The molecule has 0 amide bonds. The van der Waals surface area contributed by atoms with Gasteiger partial charge in [0.1, 0.15) is 0 Å². The minimum atomic E-state index is -3.02. The van der Waals surface area contributed by atoms with Crippen LogP contribution in [0.15, 0.2) is 29.6 Å². The minimum absolute atomic E-state index is 0.128. The summed E-state index contributed by atoms with van der Waals surface area (Å²) in [5, 5.41) is 6.46. The van der Waals surface area contributed by atoms with Crippen LogP contribution in [0.4, 0.5) is 5.13 Å². The monoisotopic (exact) mass is 393 g/mol. The molecule has 2 aromatic rings. The van der Waals surface area contributed by atoms with Crippen molar-refractivity contribution in [3.63, 3.8) is 0 Å². The van der Waals surface area contributed by atoms with Crippen LogP contribution in [0.1, 0.15) is 25.3 Å². The third kappa shape index (κ3) is 3.07. The normalized spacial score (nSPS) is 24.6. The van der Waals surface area contributed by atoms with Crippen LogP contribution in [0, 0.1) is 0 Å². The molecule has 1 N–H and O–H groups in total. The molecule has 8 heteroatoms. The molecule has 0 unspecified atom stereocenters. The summed E-state index contributed by atoms with van der Waals surface area (Å²) < 4.78 is 23.8. The Kier molecular flexibility index (Phi) is 4.09. The predicted octanol–water partition coefficient (Wildman–Crippen LogP) is 2.79. The number of nitrogens with zero attached hydrogens (tertiary/aromatic N) is 2. The maximum absolute atomic E-state index is 11.9. The summed E-state index contributed by atoms with van der Waals surface area (Å²) in [5.74, 6) is 0.765. The van der Waals surface area contributed by atoms with Gasteiger partial charge in [-0.3, -0.25) is 4.90 Å². The average molecular weight is 394 g/mol. The van der Waals surface area contributed by atoms with Crippen LogP contribution in [0.2, 0.25) is 0 Å². The first kappa shape index (κ1) is 16.9. The highest BCUT2D eigenvalue weighted by atomic mass is 32.2. The molecule has 0 radical (unpaired) electrons. The molecule has 1 aromatic carbocycles. The fourth-order valence-corrected chi connectivity index (χ4v) is 6.59. The zero-order chi connectivity index (χ0) is 17.8. The minimum Gasteiger partial charge on any atom is -0.356 e. The van der Waals surface area contributed by atoms with Crippen molar-refractivity contribution in [2.24, 2.45) is 0 Å². The molecule has 25 heavy (non-hydrogen) atoms. The summed E-state index contributed by atoms with van der Waals surface area (Å²) in [6.45, 7) is 4.34. The van der Waals surface area contributed by atoms with E-state index in [4.69, 9.17) is 17.2 Å². The Morgan fingerprint density at radius 3 is 2.68 bits per heavy atom. The summed E-state index contributed by atoms with van der Waals surface area (Å²) in [7, 11) is -3.02. The van der Waals surface area contributed by atoms with Gasteiger partial charge in [0.25, 0.3) is 0 Å². The molecule has 0 aliphatic carbocycles. The van der Waals surface area contributed by atoms with Crippen LogP contribution < -0.4 is 10.2 Å². The lowest BCUT2D eigenvalue weighted by Gasteiger charge is -2.19. The lowest BCUT2D eigenvalue weighted by molar-refractivity contribution is 0.600. The number of hydrogen-bond acceptors (Lipinski definition) is 5.